The molecule has 1 aliphatic heterocycles. The number of primary amides is 2. The van der Waals surface area contributed by atoms with Crippen LogP contribution in [0.25, 0.3) is 0 Å². The van der Waals surface area contributed by atoms with Crippen LogP contribution >= 0.6 is 0 Å². The van der Waals surface area contributed by atoms with Crippen molar-refractivity contribution in [3.05, 3.63) is 35.4 Å². The minimum atomic E-state index is -0.426. The van der Waals surface area contributed by atoms with Crippen LogP contribution in [0.2, 0.25) is 0 Å². The first-order chi connectivity index (χ1) is 10.6. The molecule has 0 unspecified atom stereocenters. The third-order valence-electron chi connectivity index (χ3n) is 5.13. The van der Waals surface area contributed by atoms with Crippen molar-refractivity contribution in [3.63, 3.8) is 0 Å². The van der Waals surface area contributed by atoms with Crippen LogP contribution in [0.3, 0.4) is 0 Å². The lowest BCUT2D eigenvalue weighted by Gasteiger charge is -2.33. The summed E-state index contributed by atoms with van der Waals surface area (Å²) in [4.78, 5) is 25.4. The van der Waals surface area contributed by atoms with Crippen molar-refractivity contribution < 1.29 is 9.59 Å². The standard InChI is InChI=1S/C17H23N3O2/c18-16(21)13-6-3-4-11(8-13)10-20-14-7-2-1-5-12(14)9-15(20)17(19)22/h3-4,6,8,12,14-15H,1-2,5,7,9-10H2,(H2,18,21)(H2,19,22)/t12-,14+,15-/m0/s1. The zero-order valence-electron chi connectivity index (χ0n) is 12.7. The van der Waals surface area contributed by atoms with Crippen LogP contribution in [0, 0.1) is 5.92 Å². The molecule has 1 aromatic carbocycles. The van der Waals surface area contributed by atoms with Crippen LogP contribution in [0.5, 0.6) is 0 Å². The van der Waals surface area contributed by atoms with Crippen molar-refractivity contribution in [2.24, 2.45) is 17.4 Å². The normalized spacial score (nSPS) is 28.3. The summed E-state index contributed by atoms with van der Waals surface area (Å²) in [5, 5.41) is 0. The highest BCUT2D eigenvalue weighted by molar-refractivity contribution is 5.92. The minimum absolute atomic E-state index is 0.190. The van der Waals surface area contributed by atoms with Crippen molar-refractivity contribution in [3.8, 4) is 0 Å². The lowest BCUT2D eigenvalue weighted by molar-refractivity contribution is -0.122. The lowest BCUT2D eigenvalue weighted by Crippen LogP contribution is -2.44. The molecule has 5 heteroatoms. The molecule has 3 rings (SSSR count). The van der Waals surface area contributed by atoms with E-state index in [-0.39, 0.29) is 11.9 Å². The average molecular weight is 301 g/mol. The van der Waals surface area contributed by atoms with Gasteiger partial charge in [-0.1, -0.05) is 25.0 Å². The molecule has 22 heavy (non-hydrogen) atoms. The molecule has 1 heterocycles. The number of amides is 2. The van der Waals surface area contributed by atoms with Gasteiger partial charge in [-0.05, 0) is 42.9 Å². The summed E-state index contributed by atoms with van der Waals surface area (Å²) in [5.74, 6) is -0.0868. The van der Waals surface area contributed by atoms with Gasteiger partial charge in [0.2, 0.25) is 11.8 Å². The molecule has 2 fully saturated rings. The van der Waals surface area contributed by atoms with Gasteiger partial charge in [0, 0.05) is 18.2 Å². The van der Waals surface area contributed by atoms with Crippen molar-refractivity contribution >= 4 is 11.8 Å². The van der Waals surface area contributed by atoms with Crippen LogP contribution in [-0.4, -0.2) is 28.8 Å². The van der Waals surface area contributed by atoms with Gasteiger partial charge in [0.05, 0.1) is 6.04 Å². The zero-order chi connectivity index (χ0) is 15.7. The highest BCUT2D eigenvalue weighted by Gasteiger charge is 2.44. The maximum absolute atomic E-state index is 11.8. The SMILES string of the molecule is NC(=O)c1cccc(CN2[C@@H]3CCCC[C@H]3C[C@H]2C(N)=O)c1. The number of hydrogen-bond acceptors (Lipinski definition) is 3. The van der Waals surface area contributed by atoms with Gasteiger partial charge in [0.15, 0.2) is 0 Å². The molecule has 1 aromatic rings. The van der Waals surface area contributed by atoms with Crippen LogP contribution in [0.15, 0.2) is 24.3 Å². The molecule has 1 saturated carbocycles. The van der Waals surface area contributed by atoms with Gasteiger partial charge in [-0.2, -0.15) is 0 Å². The molecule has 118 valence electrons. The van der Waals surface area contributed by atoms with Crippen LogP contribution in [0.1, 0.15) is 48.0 Å². The molecule has 0 radical (unpaired) electrons. The van der Waals surface area contributed by atoms with Crippen molar-refractivity contribution in [1.82, 2.24) is 4.90 Å². The van der Waals surface area contributed by atoms with Crippen molar-refractivity contribution in [1.29, 1.82) is 0 Å². The monoisotopic (exact) mass is 301 g/mol. The number of benzene rings is 1. The fraction of sp³-hybridized carbons (Fsp3) is 0.529. The van der Waals surface area contributed by atoms with Crippen LogP contribution in [0.4, 0.5) is 0 Å². The Kier molecular flexibility index (Phi) is 4.16. The highest BCUT2D eigenvalue weighted by Crippen LogP contribution is 2.40. The van der Waals surface area contributed by atoms with Crippen LogP contribution in [-0.2, 0) is 11.3 Å². The number of carbonyl (C=O) groups is 2. The van der Waals surface area contributed by atoms with E-state index in [0.29, 0.717) is 24.1 Å². The first-order valence-electron chi connectivity index (χ1n) is 8.00. The fourth-order valence-corrected chi connectivity index (χ4v) is 4.09. The molecule has 0 aromatic heterocycles. The third-order valence-corrected chi connectivity index (χ3v) is 5.13. The smallest absolute Gasteiger partial charge is 0.248 e. The zero-order valence-corrected chi connectivity index (χ0v) is 12.7. The van der Waals surface area contributed by atoms with Crippen molar-refractivity contribution in [2.45, 2.75) is 50.7 Å². The molecule has 0 bridgehead atoms. The second-order valence-corrected chi connectivity index (χ2v) is 6.50. The number of carbonyl (C=O) groups excluding carboxylic acids is 2. The second kappa shape index (κ2) is 6.08. The molecule has 4 N–H and O–H groups in total. The predicted molar refractivity (Wildman–Crippen MR) is 83.8 cm³/mol. The van der Waals surface area contributed by atoms with Crippen LogP contribution < -0.4 is 11.5 Å². The number of nitrogens with zero attached hydrogens (tertiary/aromatic N) is 1. The Morgan fingerprint density at radius 3 is 2.68 bits per heavy atom. The first kappa shape index (κ1) is 15.0. The molecule has 0 spiro atoms. The Bertz CT molecular complexity index is 587. The summed E-state index contributed by atoms with van der Waals surface area (Å²) in [6, 6.07) is 7.58. The van der Waals surface area contributed by atoms with Gasteiger partial charge in [-0.25, -0.2) is 0 Å². The molecule has 2 aliphatic rings. The van der Waals surface area contributed by atoms with Gasteiger partial charge in [-0.15, -0.1) is 0 Å². The number of fused-ring (bicyclic) bond motifs is 1. The fourth-order valence-electron chi connectivity index (χ4n) is 4.09. The van der Waals surface area contributed by atoms with E-state index >= 15 is 0 Å². The van der Waals surface area contributed by atoms with Gasteiger partial charge < -0.3 is 11.5 Å². The largest absolute Gasteiger partial charge is 0.368 e. The number of hydrogen-bond donors (Lipinski definition) is 2. The Morgan fingerprint density at radius 1 is 1.18 bits per heavy atom. The topological polar surface area (TPSA) is 89.4 Å². The molecule has 1 aliphatic carbocycles. The van der Waals surface area contributed by atoms with Gasteiger partial charge in [0.1, 0.15) is 0 Å². The molecular formula is C17H23N3O2. The molecule has 5 nitrogen and oxygen atoms in total. The summed E-state index contributed by atoms with van der Waals surface area (Å²) in [6.07, 6.45) is 5.65. The maximum Gasteiger partial charge on any atom is 0.248 e. The maximum atomic E-state index is 11.8. The van der Waals surface area contributed by atoms with Crippen molar-refractivity contribution in [2.75, 3.05) is 0 Å². The summed E-state index contributed by atoms with van der Waals surface area (Å²) < 4.78 is 0. The molecular weight excluding hydrogens is 278 g/mol. The van der Waals surface area contributed by atoms with E-state index in [1.807, 2.05) is 18.2 Å². The Morgan fingerprint density at radius 2 is 1.95 bits per heavy atom. The third kappa shape index (κ3) is 2.86. The first-order valence-corrected chi connectivity index (χ1v) is 8.00. The highest BCUT2D eigenvalue weighted by atomic mass is 16.1. The molecule has 3 atom stereocenters. The second-order valence-electron chi connectivity index (χ2n) is 6.50. The Balaban J connectivity index is 1.83. The van der Waals surface area contributed by atoms with E-state index in [1.54, 1.807) is 6.07 Å². The van der Waals surface area contributed by atoms with E-state index < -0.39 is 5.91 Å². The average Bonchev–Trinajstić information content (AvgIpc) is 2.87. The van der Waals surface area contributed by atoms with Gasteiger partial charge >= 0.3 is 0 Å². The molecule has 2 amide bonds. The van der Waals surface area contributed by atoms with Gasteiger partial charge in [-0.3, -0.25) is 14.5 Å². The Labute approximate surface area is 130 Å². The van der Waals surface area contributed by atoms with E-state index in [1.165, 1.54) is 19.3 Å². The number of rotatable bonds is 4. The van der Waals surface area contributed by atoms with E-state index in [4.69, 9.17) is 11.5 Å². The van der Waals surface area contributed by atoms with E-state index in [9.17, 15) is 9.59 Å². The summed E-state index contributed by atoms with van der Waals surface area (Å²) in [7, 11) is 0. The Hall–Kier alpha value is -1.88. The number of likely N-dealkylation sites (tertiary alicyclic amines) is 1. The minimum Gasteiger partial charge on any atom is -0.368 e. The summed E-state index contributed by atoms with van der Waals surface area (Å²) in [5.41, 5.74) is 12.5. The summed E-state index contributed by atoms with van der Waals surface area (Å²) in [6.45, 7) is 0.649. The number of nitrogens with two attached hydrogens (primary N) is 2. The summed E-state index contributed by atoms with van der Waals surface area (Å²) >= 11 is 0. The van der Waals surface area contributed by atoms with E-state index in [2.05, 4.69) is 4.90 Å². The van der Waals surface area contributed by atoms with E-state index in [0.717, 1.165) is 18.4 Å². The quantitative estimate of drug-likeness (QED) is 0.881. The predicted octanol–water partition coefficient (Wildman–Crippen LogP) is 1.40. The van der Waals surface area contributed by atoms with Gasteiger partial charge in [0.25, 0.3) is 0 Å². The lowest BCUT2D eigenvalue weighted by atomic mass is 9.84. The molecule has 1 saturated heterocycles.